The molecule has 0 fully saturated rings. The summed E-state index contributed by atoms with van der Waals surface area (Å²) >= 11 is 9.51. The van der Waals surface area contributed by atoms with Gasteiger partial charge in [-0.15, -0.1) is 0 Å². The Labute approximate surface area is 103 Å². The zero-order valence-corrected chi connectivity index (χ0v) is 11.0. The monoisotopic (exact) mass is 289 g/mol. The molecule has 0 spiro atoms. The van der Waals surface area contributed by atoms with E-state index in [9.17, 15) is 0 Å². The van der Waals surface area contributed by atoms with E-state index in [4.69, 9.17) is 16.3 Å². The van der Waals surface area contributed by atoms with Crippen LogP contribution >= 0.6 is 27.5 Å². The zero-order valence-electron chi connectivity index (χ0n) is 8.68. The maximum atomic E-state index is 6.04. The Kier molecular flexibility index (Phi) is 3.24. The topological polar surface area (TPSA) is 21.3 Å². The van der Waals surface area contributed by atoms with Crippen molar-refractivity contribution in [2.75, 3.05) is 13.7 Å². The highest BCUT2D eigenvalue weighted by Crippen LogP contribution is 2.41. The van der Waals surface area contributed by atoms with Gasteiger partial charge in [-0.1, -0.05) is 18.5 Å². The van der Waals surface area contributed by atoms with Gasteiger partial charge in [-0.25, -0.2) is 0 Å². The van der Waals surface area contributed by atoms with E-state index in [1.165, 1.54) is 0 Å². The van der Waals surface area contributed by atoms with Gasteiger partial charge in [0.1, 0.15) is 5.75 Å². The molecule has 2 nitrogen and oxygen atoms in total. The lowest BCUT2D eigenvalue weighted by Gasteiger charge is -2.32. The molecule has 0 bridgehead atoms. The Bertz CT molecular complexity index is 383. The second-order valence-corrected chi connectivity index (χ2v) is 5.15. The minimum absolute atomic E-state index is 0.309. The molecule has 0 aliphatic carbocycles. The van der Waals surface area contributed by atoms with Crippen molar-refractivity contribution < 1.29 is 4.74 Å². The first kappa shape index (κ1) is 11.2. The van der Waals surface area contributed by atoms with E-state index < -0.39 is 0 Å². The van der Waals surface area contributed by atoms with Crippen LogP contribution in [0.1, 0.15) is 18.5 Å². The van der Waals surface area contributed by atoms with E-state index in [0.29, 0.717) is 12.0 Å². The number of ether oxygens (including phenoxy) is 1. The number of benzene rings is 1. The van der Waals surface area contributed by atoms with Crippen molar-refractivity contribution in [3.05, 3.63) is 27.2 Å². The Morgan fingerprint density at radius 2 is 2.27 bits per heavy atom. The van der Waals surface area contributed by atoms with Crippen LogP contribution in [0.4, 0.5) is 0 Å². The van der Waals surface area contributed by atoms with E-state index in [0.717, 1.165) is 27.4 Å². The van der Waals surface area contributed by atoms with Gasteiger partial charge in [0, 0.05) is 22.5 Å². The zero-order chi connectivity index (χ0) is 11.0. The van der Waals surface area contributed by atoms with E-state index >= 15 is 0 Å². The fourth-order valence-corrected chi connectivity index (χ4v) is 2.97. The van der Waals surface area contributed by atoms with Crippen molar-refractivity contribution in [3.63, 3.8) is 0 Å². The molecule has 0 radical (unpaired) electrons. The normalized spacial score (nSPS) is 24.5. The Morgan fingerprint density at radius 3 is 2.93 bits per heavy atom. The van der Waals surface area contributed by atoms with Gasteiger partial charge in [0.05, 0.1) is 11.1 Å². The number of nitrogens with one attached hydrogen (secondary N) is 1. The molecule has 2 rings (SSSR count). The summed E-state index contributed by atoms with van der Waals surface area (Å²) in [6.45, 7) is 2.90. The summed E-state index contributed by atoms with van der Waals surface area (Å²) in [5.41, 5.74) is 1.13. The van der Waals surface area contributed by atoms with Gasteiger partial charge >= 0.3 is 0 Å². The minimum atomic E-state index is 0.309. The highest BCUT2D eigenvalue weighted by Gasteiger charge is 2.28. The molecule has 0 aromatic heterocycles. The standard InChI is InChI=1S/C11H13BrClNO/c1-6-5-15-11-8(10(6)14-2)3-7(13)4-9(11)12/h3-4,6,10,14H,5H2,1-2H3. The largest absolute Gasteiger partial charge is 0.492 e. The molecular formula is C11H13BrClNO. The Balaban J connectivity index is 2.52. The Hall–Kier alpha value is -0.250. The van der Waals surface area contributed by atoms with Crippen LogP contribution in [-0.2, 0) is 0 Å². The van der Waals surface area contributed by atoms with Crippen LogP contribution in [0.25, 0.3) is 0 Å². The van der Waals surface area contributed by atoms with Crippen molar-refractivity contribution in [2.24, 2.45) is 5.92 Å². The molecule has 0 amide bonds. The Morgan fingerprint density at radius 1 is 1.53 bits per heavy atom. The van der Waals surface area contributed by atoms with Crippen LogP contribution in [0, 0.1) is 5.92 Å². The van der Waals surface area contributed by atoms with Gasteiger partial charge in [-0.2, -0.15) is 0 Å². The smallest absolute Gasteiger partial charge is 0.138 e. The van der Waals surface area contributed by atoms with Crippen molar-refractivity contribution in [3.8, 4) is 5.75 Å². The first-order valence-electron chi connectivity index (χ1n) is 4.92. The van der Waals surface area contributed by atoms with Crippen LogP contribution < -0.4 is 10.1 Å². The molecule has 2 atom stereocenters. The van der Waals surface area contributed by atoms with E-state index in [2.05, 4.69) is 28.2 Å². The van der Waals surface area contributed by atoms with Crippen LogP contribution in [0.3, 0.4) is 0 Å². The lowest BCUT2D eigenvalue weighted by molar-refractivity contribution is 0.192. The SMILES string of the molecule is CNC1c2cc(Cl)cc(Br)c2OCC1C. The second-order valence-electron chi connectivity index (χ2n) is 3.86. The maximum absolute atomic E-state index is 6.04. The third-order valence-corrected chi connectivity index (χ3v) is 3.55. The molecule has 1 heterocycles. The predicted molar refractivity (Wildman–Crippen MR) is 65.6 cm³/mol. The maximum Gasteiger partial charge on any atom is 0.138 e. The van der Waals surface area contributed by atoms with E-state index in [1.807, 2.05) is 19.2 Å². The summed E-state index contributed by atoms with van der Waals surface area (Å²) in [7, 11) is 1.96. The number of fused-ring (bicyclic) bond motifs is 1. The number of rotatable bonds is 1. The van der Waals surface area contributed by atoms with Crippen molar-refractivity contribution in [1.29, 1.82) is 0 Å². The second kappa shape index (κ2) is 4.32. The third kappa shape index (κ3) is 2.01. The highest BCUT2D eigenvalue weighted by atomic mass is 79.9. The number of hydrogen-bond acceptors (Lipinski definition) is 2. The molecule has 1 aliphatic rings. The summed E-state index contributed by atoms with van der Waals surface area (Å²) in [4.78, 5) is 0. The lowest BCUT2D eigenvalue weighted by Crippen LogP contribution is -2.32. The summed E-state index contributed by atoms with van der Waals surface area (Å²) in [5, 5.41) is 4.04. The molecule has 1 N–H and O–H groups in total. The van der Waals surface area contributed by atoms with Gasteiger partial charge in [-0.3, -0.25) is 0 Å². The molecule has 0 saturated carbocycles. The van der Waals surface area contributed by atoms with Gasteiger partial charge in [0.2, 0.25) is 0 Å². The fraction of sp³-hybridized carbons (Fsp3) is 0.455. The molecular weight excluding hydrogens is 277 g/mol. The molecule has 82 valence electrons. The van der Waals surface area contributed by atoms with Crippen LogP contribution in [0.5, 0.6) is 5.75 Å². The molecule has 1 aromatic carbocycles. The highest BCUT2D eigenvalue weighted by molar-refractivity contribution is 9.10. The van der Waals surface area contributed by atoms with Crippen molar-refractivity contribution >= 4 is 27.5 Å². The first-order valence-corrected chi connectivity index (χ1v) is 6.09. The molecule has 1 aromatic rings. The van der Waals surface area contributed by atoms with Gasteiger partial charge < -0.3 is 10.1 Å². The molecule has 2 unspecified atom stereocenters. The van der Waals surface area contributed by atoms with E-state index in [1.54, 1.807) is 0 Å². The summed E-state index contributed by atoms with van der Waals surface area (Å²) in [6, 6.07) is 4.14. The van der Waals surface area contributed by atoms with Crippen LogP contribution in [-0.4, -0.2) is 13.7 Å². The number of halogens is 2. The van der Waals surface area contributed by atoms with Gasteiger partial charge in [0.25, 0.3) is 0 Å². The summed E-state index contributed by atoms with van der Waals surface area (Å²) < 4.78 is 6.64. The summed E-state index contributed by atoms with van der Waals surface area (Å²) in [5.74, 6) is 1.37. The van der Waals surface area contributed by atoms with Gasteiger partial charge in [0.15, 0.2) is 0 Å². The molecule has 15 heavy (non-hydrogen) atoms. The van der Waals surface area contributed by atoms with Crippen molar-refractivity contribution in [2.45, 2.75) is 13.0 Å². The molecule has 4 heteroatoms. The lowest BCUT2D eigenvalue weighted by atomic mass is 9.92. The van der Waals surface area contributed by atoms with Crippen LogP contribution in [0.2, 0.25) is 5.02 Å². The van der Waals surface area contributed by atoms with Gasteiger partial charge in [-0.05, 0) is 35.1 Å². The average Bonchev–Trinajstić information content (AvgIpc) is 2.17. The average molecular weight is 291 g/mol. The minimum Gasteiger partial charge on any atom is -0.492 e. The quantitative estimate of drug-likeness (QED) is 0.856. The van der Waals surface area contributed by atoms with Crippen molar-refractivity contribution in [1.82, 2.24) is 5.32 Å². The first-order chi connectivity index (χ1) is 7.13. The fourth-order valence-electron chi connectivity index (χ4n) is 2.02. The van der Waals surface area contributed by atoms with E-state index in [-0.39, 0.29) is 0 Å². The van der Waals surface area contributed by atoms with Crippen LogP contribution in [0.15, 0.2) is 16.6 Å². The predicted octanol–water partition coefficient (Wildman–Crippen LogP) is 3.39. The molecule has 0 saturated heterocycles. The molecule has 1 aliphatic heterocycles. The third-order valence-electron chi connectivity index (χ3n) is 2.74. The summed E-state index contributed by atoms with van der Waals surface area (Å²) in [6.07, 6.45) is 0. The number of hydrogen-bond donors (Lipinski definition) is 1.